The molecule has 6 nitrogen and oxygen atoms in total. The van der Waals surface area contributed by atoms with E-state index < -0.39 is 16.1 Å². The van der Waals surface area contributed by atoms with Crippen LogP contribution in [0.3, 0.4) is 0 Å². The Morgan fingerprint density at radius 1 is 0.500 bits per heavy atom. The normalized spacial score (nSPS) is 12.3. The van der Waals surface area contributed by atoms with Crippen LogP contribution < -0.4 is 48.0 Å². The van der Waals surface area contributed by atoms with Crippen LogP contribution in [0.4, 0.5) is 0 Å². The van der Waals surface area contributed by atoms with E-state index in [4.69, 9.17) is 9.47 Å². The molecule has 0 heterocycles. The summed E-state index contributed by atoms with van der Waals surface area (Å²) in [5, 5.41) is 0. The van der Waals surface area contributed by atoms with Crippen molar-refractivity contribution >= 4 is 28.1 Å². The Bertz CT molecular complexity index is 629. The van der Waals surface area contributed by atoms with Crippen LogP contribution in [0.25, 0.3) is 0 Å². The molecule has 0 aliphatic heterocycles. The molecule has 0 saturated heterocycles. The summed E-state index contributed by atoms with van der Waals surface area (Å²) in [4.78, 5) is 24.4. The van der Waals surface area contributed by atoms with E-state index in [0.717, 1.165) is 60.6 Å². The van der Waals surface area contributed by atoms with Gasteiger partial charge in [-0.25, -0.2) is 0 Å². The third kappa shape index (κ3) is 20.7. The SMILES string of the molecule is CC[Si](CC)(CC)C[N+](C)(C)CCOC(=O)CCCCCCCCC(=O)OCC[N+](C)(C)C[Si](CC)(CC)CC.[I-].[I-]. The van der Waals surface area contributed by atoms with Crippen molar-refractivity contribution in [2.45, 2.75) is 129 Å². The Hall–Kier alpha value is 0.754. The van der Waals surface area contributed by atoms with Gasteiger partial charge in [0.2, 0.25) is 0 Å². The smallest absolute Gasteiger partial charge is 0.305 e. The monoisotopic (exact) mass is 856 g/mol. The molecular weight excluding hydrogens is 786 g/mol. The first kappa shape index (κ1) is 47.2. The van der Waals surface area contributed by atoms with E-state index in [0.29, 0.717) is 26.1 Å². The lowest BCUT2D eigenvalue weighted by Gasteiger charge is -2.39. The molecule has 0 unspecified atom stereocenters. The molecule has 10 heteroatoms. The lowest BCUT2D eigenvalue weighted by molar-refractivity contribution is -0.880. The van der Waals surface area contributed by atoms with Crippen LogP contribution in [0.2, 0.25) is 36.3 Å². The number of rotatable bonds is 25. The summed E-state index contributed by atoms with van der Waals surface area (Å²) in [5.74, 6) is -0.108. The quantitative estimate of drug-likeness (QED) is 0.0460. The standard InChI is InChI=1S/C32H70N2O4Si2.2HI/c1-11-39(12-2,13-3)29-33(7,8)25-27-37-31(35)23-21-19-17-18-20-22-24-32(36)38-28-26-34(9,10)30-40(14-4,15-5)16-6;;/h11-30H2,1-10H3;2*1H/q+2;;/p-2. The minimum absolute atomic E-state index is 0. The van der Waals surface area contributed by atoms with E-state index in [2.05, 4.69) is 69.7 Å². The molecule has 0 atom stereocenters. The number of carbonyl (C=O) groups excluding carboxylic acids is 2. The maximum atomic E-state index is 12.2. The largest absolute Gasteiger partial charge is 1.00 e. The molecule has 0 aliphatic rings. The predicted octanol–water partition coefficient (Wildman–Crippen LogP) is 1.45. The van der Waals surface area contributed by atoms with Crippen molar-refractivity contribution in [1.29, 1.82) is 0 Å². The third-order valence-corrected chi connectivity index (χ3v) is 22.0. The molecule has 0 amide bonds. The van der Waals surface area contributed by atoms with E-state index in [1.807, 2.05) is 0 Å². The van der Waals surface area contributed by atoms with Crippen LogP contribution in [0, 0.1) is 0 Å². The summed E-state index contributed by atoms with van der Waals surface area (Å²) in [6.07, 6.45) is 9.65. The fourth-order valence-corrected chi connectivity index (χ4v) is 14.6. The summed E-state index contributed by atoms with van der Waals surface area (Å²) in [7, 11) is 6.76. The molecule has 0 saturated carbocycles. The van der Waals surface area contributed by atoms with Crippen LogP contribution in [-0.2, 0) is 19.1 Å². The molecular formula is C32H70I2N2O4Si2. The first-order valence-corrected chi connectivity index (χ1v) is 22.4. The first-order chi connectivity index (χ1) is 18.8. The molecule has 0 bridgehead atoms. The molecule has 0 radical (unpaired) electrons. The molecule has 0 aliphatic carbocycles. The van der Waals surface area contributed by atoms with Gasteiger partial charge < -0.3 is 66.4 Å². The van der Waals surface area contributed by atoms with Crippen molar-refractivity contribution in [3.8, 4) is 0 Å². The number of esters is 2. The molecule has 0 rings (SSSR count). The summed E-state index contributed by atoms with van der Waals surface area (Å²) in [5.41, 5.74) is 0. The van der Waals surface area contributed by atoms with Crippen molar-refractivity contribution in [1.82, 2.24) is 0 Å². The number of halogens is 2. The number of ether oxygens (including phenoxy) is 2. The molecule has 0 N–H and O–H groups in total. The van der Waals surface area contributed by atoms with Crippen LogP contribution in [0.15, 0.2) is 0 Å². The number of likely N-dealkylation sites (N-methyl/N-ethyl adjacent to an activating group) is 2. The van der Waals surface area contributed by atoms with Crippen molar-refractivity contribution in [2.75, 3.05) is 66.8 Å². The summed E-state index contributed by atoms with van der Waals surface area (Å²) in [6, 6.07) is 8.02. The Kier molecular flexibility index (Phi) is 28.0. The molecule has 254 valence electrons. The lowest BCUT2D eigenvalue weighted by atomic mass is 10.1. The maximum absolute atomic E-state index is 12.2. The van der Waals surface area contributed by atoms with Gasteiger partial charge in [-0.15, -0.1) is 0 Å². The lowest BCUT2D eigenvalue weighted by Crippen LogP contribution is -3.00. The number of unbranched alkanes of at least 4 members (excludes halogenated alkanes) is 5. The Balaban J connectivity index is -0.00000760. The summed E-state index contributed by atoms with van der Waals surface area (Å²) < 4.78 is 13.1. The number of quaternary nitrogens is 2. The maximum Gasteiger partial charge on any atom is 0.305 e. The van der Waals surface area contributed by atoms with Gasteiger partial charge in [0.25, 0.3) is 0 Å². The van der Waals surface area contributed by atoms with Crippen molar-refractivity contribution in [3.05, 3.63) is 0 Å². The highest BCUT2D eigenvalue weighted by Gasteiger charge is 2.36. The van der Waals surface area contributed by atoms with Crippen molar-refractivity contribution < 1.29 is 76.0 Å². The highest BCUT2D eigenvalue weighted by Crippen LogP contribution is 2.24. The van der Waals surface area contributed by atoms with Gasteiger partial charge in [0, 0.05) is 12.8 Å². The van der Waals surface area contributed by atoms with E-state index in [1.165, 1.54) is 48.6 Å². The molecule has 0 fully saturated rings. The minimum Gasteiger partial charge on any atom is -1.00 e. The second kappa shape index (κ2) is 24.9. The molecule has 0 spiro atoms. The van der Waals surface area contributed by atoms with Gasteiger partial charge in [0.05, 0.1) is 40.5 Å². The Labute approximate surface area is 298 Å². The fourth-order valence-electron chi connectivity index (χ4n) is 6.35. The zero-order valence-corrected chi connectivity index (χ0v) is 35.7. The van der Waals surface area contributed by atoms with Crippen LogP contribution in [0.5, 0.6) is 0 Å². The van der Waals surface area contributed by atoms with E-state index in [9.17, 15) is 9.59 Å². The number of carbonyl (C=O) groups is 2. The van der Waals surface area contributed by atoms with Crippen molar-refractivity contribution in [3.63, 3.8) is 0 Å². The average molecular weight is 857 g/mol. The topological polar surface area (TPSA) is 52.6 Å². The van der Waals surface area contributed by atoms with Crippen molar-refractivity contribution in [2.24, 2.45) is 0 Å². The molecule has 0 aromatic carbocycles. The Morgan fingerprint density at radius 3 is 1.02 bits per heavy atom. The van der Waals surface area contributed by atoms with Crippen LogP contribution >= 0.6 is 0 Å². The number of hydrogen-bond donors (Lipinski definition) is 0. The van der Waals surface area contributed by atoms with Crippen LogP contribution in [0.1, 0.15) is 92.9 Å². The fraction of sp³-hybridized carbons (Fsp3) is 0.938. The summed E-state index contributed by atoms with van der Waals surface area (Å²) >= 11 is 0. The van der Waals surface area contributed by atoms with Gasteiger partial charge in [-0.2, -0.15) is 0 Å². The number of hydrogen-bond acceptors (Lipinski definition) is 4. The van der Waals surface area contributed by atoms with Gasteiger partial charge in [0.15, 0.2) is 0 Å². The minimum atomic E-state index is -1.19. The average Bonchev–Trinajstić information content (AvgIpc) is 2.91. The molecule has 42 heavy (non-hydrogen) atoms. The van der Waals surface area contributed by atoms with Gasteiger partial charge >= 0.3 is 11.9 Å². The van der Waals surface area contributed by atoms with Crippen LogP contribution in [-0.4, -0.2) is 104 Å². The van der Waals surface area contributed by atoms with Gasteiger partial charge in [-0.3, -0.25) is 9.59 Å². The zero-order valence-electron chi connectivity index (χ0n) is 29.4. The zero-order chi connectivity index (χ0) is 30.7. The predicted molar refractivity (Wildman–Crippen MR) is 177 cm³/mol. The first-order valence-electron chi connectivity index (χ1n) is 16.7. The highest BCUT2D eigenvalue weighted by atomic mass is 127. The second-order valence-electron chi connectivity index (χ2n) is 13.8. The summed E-state index contributed by atoms with van der Waals surface area (Å²) in [6.45, 7) is 17.0. The van der Waals surface area contributed by atoms with Gasteiger partial charge in [0.1, 0.15) is 42.5 Å². The molecule has 0 aromatic rings. The Morgan fingerprint density at radius 2 is 0.762 bits per heavy atom. The van der Waals surface area contributed by atoms with E-state index in [-0.39, 0.29) is 59.9 Å². The molecule has 0 aromatic heterocycles. The van der Waals surface area contributed by atoms with E-state index >= 15 is 0 Å². The van der Waals surface area contributed by atoms with E-state index in [1.54, 1.807) is 0 Å². The second-order valence-corrected chi connectivity index (χ2v) is 24.7. The third-order valence-electron chi connectivity index (χ3n) is 9.96. The van der Waals surface area contributed by atoms with Gasteiger partial charge in [-0.05, 0) is 12.8 Å². The number of nitrogens with zero attached hydrogens (tertiary/aromatic N) is 2. The van der Waals surface area contributed by atoms with Gasteiger partial charge in [-0.1, -0.05) is 103 Å². The highest BCUT2D eigenvalue weighted by molar-refractivity contribution is 6.80.